The number of urea groups is 1. The molecule has 0 aromatic heterocycles. The number of ether oxygens (including phenoxy) is 1. The minimum Gasteiger partial charge on any atom is -0.463 e. The zero-order valence-electron chi connectivity index (χ0n) is 16.1. The van der Waals surface area contributed by atoms with E-state index in [2.05, 4.69) is 10.6 Å². The van der Waals surface area contributed by atoms with E-state index < -0.39 is 29.1 Å². The Labute approximate surface area is 183 Å². The Hall–Kier alpha value is -2.97. The maximum Gasteiger partial charge on any atom is 0.337 e. The number of hydrogen-bond donors (Lipinski definition) is 3. The number of hydrogen-bond acceptors (Lipinski definition) is 6. The molecule has 156 valence electrons. The van der Waals surface area contributed by atoms with Gasteiger partial charge in [0.2, 0.25) is 5.91 Å². The van der Waals surface area contributed by atoms with Gasteiger partial charge in [-0.25, -0.2) is 9.59 Å². The Morgan fingerprint density at radius 2 is 1.77 bits per heavy atom. The summed E-state index contributed by atoms with van der Waals surface area (Å²) in [6.07, 6.45) is 0. The van der Waals surface area contributed by atoms with Crippen LogP contribution in [0.25, 0.3) is 0 Å². The molecule has 30 heavy (non-hydrogen) atoms. The molecule has 0 radical (unpaired) electrons. The molecule has 0 bridgehead atoms. The Kier molecular flexibility index (Phi) is 7.02. The van der Waals surface area contributed by atoms with Crippen LogP contribution in [-0.4, -0.2) is 29.8 Å². The first kappa shape index (κ1) is 21.7. The fourth-order valence-electron chi connectivity index (χ4n) is 3.09. The first-order valence-corrected chi connectivity index (χ1v) is 10.4. The van der Waals surface area contributed by atoms with Crippen molar-refractivity contribution in [3.63, 3.8) is 0 Å². The molecule has 0 spiro atoms. The van der Waals surface area contributed by atoms with Gasteiger partial charge in [0, 0.05) is 16.6 Å². The number of nitrogens with two attached hydrogens (primary N) is 1. The van der Waals surface area contributed by atoms with Crippen molar-refractivity contribution in [3.05, 3.63) is 75.8 Å². The van der Waals surface area contributed by atoms with Crippen molar-refractivity contribution in [3.8, 4) is 0 Å². The summed E-state index contributed by atoms with van der Waals surface area (Å²) in [4.78, 5) is 37.7. The van der Waals surface area contributed by atoms with Crippen molar-refractivity contribution in [1.82, 2.24) is 5.32 Å². The maximum atomic E-state index is 12.9. The van der Waals surface area contributed by atoms with Gasteiger partial charge in [0.05, 0.1) is 17.2 Å². The molecule has 3 amide bonds. The normalized spacial score (nSPS) is 18.1. The van der Waals surface area contributed by atoms with E-state index in [0.717, 1.165) is 11.8 Å². The van der Waals surface area contributed by atoms with Gasteiger partial charge in [-0.2, -0.15) is 0 Å². The first-order chi connectivity index (χ1) is 14.4. The van der Waals surface area contributed by atoms with Gasteiger partial charge >= 0.3 is 12.0 Å². The summed E-state index contributed by atoms with van der Waals surface area (Å²) < 4.78 is 5.13. The third-order valence-corrected chi connectivity index (χ3v) is 5.85. The van der Waals surface area contributed by atoms with E-state index in [-0.39, 0.29) is 17.2 Å². The number of benzene rings is 2. The van der Waals surface area contributed by atoms with Gasteiger partial charge in [0.25, 0.3) is 0 Å². The van der Waals surface area contributed by atoms with Gasteiger partial charge in [0.1, 0.15) is 5.25 Å². The lowest BCUT2D eigenvalue weighted by Gasteiger charge is -2.21. The number of amides is 3. The molecule has 0 saturated heterocycles. The predicted octanol–water partition coefficient (Wildman–Crippen LogP) is 3.62. The largest absolute Gasteiger partial charge is 0.463 e. The number of thioether (sulfide) groups is 1. The summed E-state index contributed by atoms with van der Waals surface area (Å²) in [6, 6.07) is 14.8. The second-order valence-electron chi connectivity index (χ2n) is 6.38. The van der Waals surface area contributed by atoms with E-state index in [1.807, 2.05) is 6.07 Å². The third kappa shape index (κ3) is 4.95. The highest BCUT2D eigenvalue weighted by Crippen LogP contribution is 2.46. The van der Waals surface area contributed by atoms with Crippen LogP contribution in [0, 0.1) is 0 Å². The third-order valence-electron chi connectivity index (χ3n) is 4.38. The molecule has 1 aliphatic rings. The van der Waals surface area contributed by atoms with Crippen LogP contribution in [0.1, 0.15) is 18.4 Å². The van der Waals surface area contributed by atoms with Crippen LogP contribution in [0.3, 0.4) is 0 Å². The Morgan fingerprint density at radius 1 is 1.10 bits per heavy atom. The number of anilines is 1. The molecule has 2 aromatic rings. The fraction of sp³-hybridized carbons (Fsp3) is 0.190. The number of rotatable bonds is 5. The lowest BCUT2D eigenvalue weighted by Crippen LogP contribution is -2.41. The zero-order chi connectivity index (χ0) is 21.7. The van der Waals surface area contributed by atoms with Crippen molar-refractivity contribution >= 4 is 47.0 Å². The number of halogens is 1. The Bertz CT molecular complexity index is 980. The summed E-state index contributed by atoms with van der Waals surface area (Å²) in [6.45, 7) is 1.86. The van der Waals surface area contributed by atoms with Crippen LogP contribution in [0.5, 0.6) is 0 Å². The van der Waals surface area contributed by atoms with E-state index in [1.54, 1.807) is 55.5 Å². The molecular weight excluding hydrogens is 426 g/mol. The molecule has 3 rings (SSSR count). The summed E-state index contributed by atoms with van der Waals surface area (Å²) in [5, 5.41) is 4.79. The first-order valence-electron chi connectivity index (χ1n) is 9.16. The van der Waals surface area contributed by atoms with Crippen molar-refractivity contribution in [1.29, 1.82) is 0 Å². The van der Waals surface area contributed by atoms with Gasteiger partial charge in [-0.1, -0.05) is 53.7 Å². The molecule has 1 aliphatic heterocycles. The van der Waals surface area contributed by atoms with E-state index in [9.17, 15) is 14.4 Å². The monoisotopic (exact) mass is 445 g/mol. The maximum absolute atomic E-state index is 12.9. The van der Waals surface area contributed by atoms with Crippen LogP contribution in [0.15, 0.2) is 65.2 Å². The van der Waals surface area contributed by atoms with Gasteiger partial charge in [-0.05, 0) is 36.8 Å². The van der Waals surface area contributed by atoms with E-state index >= 15 is 0 Å². The second kappa shape index (κ2) is 9.69. The lowest BCUT2D eigenvalue weighted by atomic mass is 9.88. The van der Waals surface area contributed by atoms with Crippen molar-refractivity contribution in [2.75, 3.05) is 11.9 Å². The van der Waals surface area contributed by atoms with Crippen LogP contribution in [0.4, 0.5) is 10.5 Å². The summed E-state index contributed by atoms with van der Waals surface area (Å²) >= 11 is 7.00. The molecule has 4 N–H and O–H groups in total. The highest BCUT2D eigenvalue weighted by Gasteiger charge is 2.44. The SMILES string of the molecule is CCOC(=O)C1=C(N)SC(C(=O)NC(=O)Nc2ccccc2)C1c1ccc(Cl)cc1. The molecule has 2 unspecified atom stereocenters. The van der Waals surface area contributed by atoms with Crippen LogP contribution in [0.2, 0.25) is 5.02 Å². The molecular formula is C21H20ClN3O4S. The van der Waals surface area contributed by atoms with Gasteiger partial charge in [-0.15, -0.1) is 0 Å². The molecule has 9 heteroatoms. The molecule has 7 nitrogen and oxygen atoms in total. The van der Waals surface area contributed by atoms with Crippen molar-refractivity contribution in [2.24, 2.45) is 5.73 Å². The Morgan fingerprint density at radius 3 is 2.40 bits per heavy atom. The number of nitrogens with one attached hydrogen (secondary N) is 2. The summed E-state index contributed by atoms with van der Waals surface area (Å²) in [5.41, 5.74) is 7.50. The quantitative estimate of drug-likeness (QED) is 0.606. The van der Waals surface area contributed by atoms with E-state index in [1.165, 1.54) is 0 Å². The number of carbonyl (C=O) groups excluding carboxylic acids is 3. The number of esters is 1. The minimum atomic E-state index is -0.827. The van der Waals surface area contributed by atoms with Crippen molar-refractivity contribution < 1.29 is 19.1 Å². The van der Waals surface area contributed by atoms with Gasteiger partial charge < -0.3 is 15.8 Å². The predicted molar refractivity (Wildman–Crippen MR) is 117 cm³/mol. The average molecular weight is 446 g/mol. The van der Waals surface area contributed by atoms with Crippen molar-refractivity contribution in [2.45, 2.75) is 18.1 Å². The summed E-state index contributed by atoms with van der Waals surface area (Å²) in [7, 11) is 0. The zero-order valence-corrected chi connectivity index (χ0v) is 17.6. The van der Waals surface area contributed by atoms with E-state index in [4.69, 9.17) is 22.1 Å². The molecule has 0 saturated carbocycles. The smallest absolute Gasteiger partial charge is 0.337 e. The number of imide groups is 1. The topological polar surface area (TPSA) is 111 Å². The fourth-order valence-corrected chi connectivity index (χ4v) is 4.42. The minimum absolute atomic E-state index is 0.171. The highest BCUT2D eigenvalue weighted by atomic mass is 35.5. The highest BCUT2D eigenvalue weighted by molar-refractivity contribution is 8.04. The second-order valence-corrected chi connectivity index (χ2v) is 8.00. The number of para-hydroxylation sites is 1. The molecule has 0 aliphatic carbocycles. The van der Waals surface area contributed by atoms with Crippen LogP contribution in [-0.2, 0) is 14.3 Å². The summed E-state index contributed by atoms with van der Waals surface area (Å²) in [5.74, 6) is -1.85. The standard InChI is InChI=1S/C21H20ClN3O4S/c1-2-29-20(27)16-15(12-8-10-13(22)11-9-12)17(30-18(16)23)19(26)25-21(28)24-14-6-4-3-5-7-14/h3-11,15,17H,2,23H2,1H3,(H2,24,25,26,28). The molecule has 0 fully saturated rings. The molecule has 1 heterocycles. The van der Waals surface area contributed by atoms with E-state index in [0.29, 0.717) is 16.3 Å². The van der Waals surface area contributed by atoms with Crippen LogP contribution < -0.4 is 16.4 Å². The molecule has 2 aromatic carbocycles. The average Bonchev–Trinajstić information content (AvgIpc) is 3.07. The Balaban J connectivity index is 1.83. The van der Waals surface area contributed by atoms with Gasteiger partial charge in [-0.3, -0.25) is 10.1 Å². The molecule has 2 atom stereocenters. The van der Waals surface area contributed by atoms with Crippen LogP contribution >= 0.6 is 23.4 Å². The number of carbonyl (C=O) groups is 3. The van der Waals surface area contributed by atoms with Gasteiger partial charge in [0.15, 0.2) is 0 Å². The lowest BCUT2D eigenvalue weighted by molar-refractivity contribution is -0.138.